The number of carbonyl (C=O) groups excluding carboxylic acids is 3. The number of aliphatic hydroxyl groups is 1. The molecule has 3 unspecified atom stereocenters. The van der Waals surface area contributed by atoms with E-state index in [1.54, 1.807) is 6.08 Å². The van der Waals surface area contributed by atoms with Gasteiger partial charge in [0.05, 0.1) is 26.2 Å². The largest absolute Gasteiger partial charge is 0.472 e. The molecule has 0 saturated heterocycles. The van der Waals surface area contributed by atoms with Crippen LogP contribution in [-0.4, -0.2) is 66.5 Å². The summed E-state index contributed by atoms with van der Waals surface area (Å²) in [5.74, 6) is -1.59. The van der Waals surface area contributed by atoms with Crippen LogP contribution in [0.15, 0.2) is 72.9 Å². The van der Waals surface area contributed by atoms with Crippen molar-refractivity contribution in [3.8, 4) is 0 Å². The Bertz CT molecular complexity index is 1520. The Balaban J connectivity index is 4.76. The molecule has 0 aromatic rings. The maximum absolute atomic E-state index is 12.9. The summed E-state index contributed by atoms with van der Waals surface area (Å²) in [5.41, 5.74) is 0. The van der Waals surface area contributed by atoms with E-state index in [0.29, 0.717) is 19.3 Å². The van der Waals surface area contributed by atoms with Gasteiger partial charge < -0.3 is 24.2 Å². The minimum absolute atomic E-state index is 0.0553. The molecule has 12 heteroatoms. The Morgan fingerprint density at radius 2 is 0.757 bits per heavy atom. The van der Waals surface area contributed by atoms with Crippen LogP contribution in [0.3, 0.4) is 0 Å². The molecular weight excluding hydrogens is 952 g/mol. The average Bonchev–Trinajstić information content (AvgIpc) is 3.39. The highest BCUT2D eigenvalue weighted by Gasteiger charge is 2.28. The molecule has 0 aliphatic rings. The van der Waals surface area contributed by atoms with E-state index in [-0.39, 0.29) is 25.9 Å². The van der Waals surface area contributed by atoms with E-state index in [0.717, 1.165) is 64.2 Å². The number of hydrogen-bond acceptors (Lipinski definition) is 10. The van der Waals surface area contributed by atoms with Crippen molar-refractivity contribution in [1.29, 1.82) is 0 Å². The third-order valence-electron chi connectivity index (χ3n) is 12.6. The molecule has 0 aliphatic carbocycles. The van der Waals surface area contributed by atoms with Crippen LogP contribution < -0.4 is 0 Å². The molecule has 0 spiro atoms. The van der Waals surface area contributed by atoms with Gasteiger partial charge in [0, 0.05) is 12.8 Å². The van der Waals surface area contributed by atoms with Crippen molar-refractivity contribution in [3.63, 3.8) is 0 Å². The number of aliphatic hydroxyl groups excluding tert-OH is 1. The summed E-state index contributed by atoms with van der Waals surface area (Å²) in [6.45, 7) is 4.44. The highest BCUT2D eigenvalue weighted by molar-refractivity contribution is 7.47. The number of rotatable bonds is 55. The van der Waals surface area contributed by atoms with Crippen molar-refractivity contribution < 1.29 is 52.2 Å². The van der Waals surface area contributed by atoms with Crippen LogP contribution in [0.25, 0.3) is 0 Å². The molecule has 0 fully saturated rings. The molecule has 0 amide bonds. The van der Waals surface area contributed by atoms with Crippen molar-refractivity contribution >= 4 is 25.7 Å². The molecule has 0 radical (unpaired) electrons. The van der Waals surface area contributed by atoms with E-state index in [9.17, 15) is 28.9 Å². The molecule has 3 atom stereocenters. The van der Waals surface area contributed by atoms with Gasteiger partial charge in [0.25, 0.3) is 0 Å². The van der Waals surface area contributed by atoms with Crippen LogP contribution in [0.5, 0.6) is 0 Å². The van der Waals surface area contributed by atoms with Crippen LogP contribution in [0, 0.1) is 0 Å². The van der Waals surface area contributed by atoms with Gasteiger partial charge in [-0.15, -0.1) is 0 Å². The Labute approximate surface area is 452 Å². The number of phosphoric acid groups is 1. The molecule has 2 N–H and O–H groups in total. The molecule has 11 nitrogen and oxygen atoms in total. The minimum Gasteiger partial charge on any atom is -0.462 e. The molecule has 0 heterocycles. The van der Waals surface area contributed by atoms with Crippen molar-refractivity contribution in [2.75, 3.05) is 26.4 Å². The lowest BCUT2D eigenvalue weighted by molar-refractivity contribution is -0.161. The van der Waals surface area contributed by atoms with E-state index >= 15 is 0 Å². The normalized spacial score (nSPS) is 13.9. The minimum atomic E-state index is -4.77. The van der Waals surface area contributed by atoms with Gasteiger partial charge in [-0.05, 0) is 70.6 Å². The molecule has 0 bridgehead atoms. The molecule has 0 rings (SSSR count). The molecule has 0 saturated carbocycles. The number of unbranched alkanes of at least 4 members (excludes halogenated alkanes) is 27. The fourth-order valence-electron chi connectivity index (χ4n) is 8.13. The Kier molecular flexibility index (Phi) is 53.8. The Morgan fingerprint density at radius 1 is 0.405 bits per heavy atom. The second-order valence-electron chi connectivity index (χ2n) is 19.8. The summed E-state index contributed by atoms with van der Waals surface area (Å²) in [7, 11) is -4.77. The maximum Gasteiger partial charge on any atom is 0.472 e. The fraction of sp³-hybridized carbons (Fsp3) is 0.758. The monoisotopic (exact) mass is 1060 g/mol. The first-order valence-corrected chi connectivity index (χ1v) is 31.3. The third kappa shape index (κ3) is 53.7. The fourth-order valence-corrected chi connectivity index (χ4v) is 8.92. The number of esters is 3. The Morgan fingerprint density at radius 3 is 1.18 bits per heavy atom. The Hall–Kier alpha value is -3.08. The van der Waals surface area contributed by atoms with E-state index in [4.69, 9.17) is 23.3 Å². The number of ether oxygens (including phenoxy) is 3. The summed E-state index contributed by atoms with van der Waals surface area (Å²) < 4.78 is 39.4. The van der Waals surface area contributed by atoms with Gasteiger partial charge in [0.15, 0.2) is 6.10 Å². The predicted octanol–water partition coefficient (Wildman–Crippen LogP) is 17.7. The lowest BCUT2D eigenvalue weighted by Crippen LogP contribution is -2.30. The summed E-state index contributed by atoms with van der Waals surface area (Å²) in [5, 5.41) is 9.79. The average molecular weight is 1060 g/mol. The van der Waals surface area contributed by atoms with Crippen LogP contribution in [0.1, 0.15) is 265 Å². The van der Waals surface area contributed by atoms with Crippen LogP contribution in [0.4, 0.5) is 0 Å². The van der Waals surface area contributed by atoms with Gasteiger partial charge in [0.2, 0.25) is 0 Å². The summed E-state index contributed by atoms with van der Waals surface area (Å²) in [6.07, 6.45) is 63.2. The van der Waals surface area contributed by atoms with Gasteiger partial charge in [-0.25, -0.2) is 4.57 Å². The molecule has 0 aromatic carbocycles. The second-order valence-corrected chi connectivity index (χ2v) is 21.3. The number of allylic oxidation sites excluding steroid dienone is 11. The van der Waals surface area contributed by atoms with Crippen LogP contribution in [0.2, 0.25) is 0 Å². The van der Waals surface area contributed by atoms with Gasteiger partial charge in [-0.2, -0.15) is 0 Å². The van der Waals surface area contributed by atoms with Gasteiger partial charge in [0.1, 0.15) is 12.7 Å². The first kappa shape index (κ1) is 70.9. The molecule has 428 valence electrons. The zero-order valence-electron chi connectivity index (χ0n) is 47.3. The highest BCUT2D eigenvalue weighted by atomic mass is 31.2. The number of hydrogen-bond donors (Lipinski definition) is 2. The quantitative estimate of drug-likeness (QED) is 0.0197. The topological polar surface area (TPSA) is 155 Å². The summed E-state index contributed by atoms with van der Waals surface area (Å²) in [6, 6.07) is 0. The molecular formula is C62H109O11P. The molecule has 0 aliphatic heterocycles. The second kappa shape index (κ2) is 56.1. The SMILES string of the molecule is CC/C=C\C/C=C\C/C=C\C/C=C\C/C=C\CC(=O)OC(CO)COP(=O)(O)OCC(COC(=O)CCCCCCCCCCCCCCC)OC(=O)CCCCCCCCCCC/C=C\CCCCCCCC. The zero-order valence-corrected chi connectivity index (χ0v) is 48.2. The van der Waals surface area contributed by atoms with E-state index in [1.165, 1.54) is 141 Å². The summed E-state index contributed by atoms with van der Waals surface area (Å²) in [4.78, 5) is 48.5. The van der Waals surface area contributed by atoms with Crippen molar-refractivity contribution in [3.05, 3.63) is 72.9 Å². The lowest BCUT2D eigenvalue weighted by Gasteiger charge is -2.21. The van der Waals surface area contributed by atoms with Gasteiger partial charge >= 0.3 is 25.7 Å². The van der Waals surface area contributed by atoms with Crippen molar-refractivity contribution in [2.24, 2.45) is 0 Å². The standard InChI is InChI=1S/C62H109O11P/c1-4-7-10-13-16-19-22-25-27-28-29-30-32-35-38-41-44-47-50-53-62(66)73-59(55-69-60(64)51-48-45-42-39-36-33-24-21-18-15-12-9-6-3)57-71-74(67,68)70-56-58(54-63)72-61(65)52-49-46-43-40-37-34-31-26-23-20-17-14-11-8-5-2/h8,11,17,20,25-27,31,37,40,46,49,58-59,63H,4-7,9-10,12-16,18-19,21-24,28-30,32-36,38-39,41-45,47-48,50-57H2,1-3H3,(H,67,68)/b11-8-,20-17-,27-25-,31-26-,40-37-,49-46-. The first-order chi connectivity index (χ1) is 36.2. The smallest absolute Gasteiger partial charge is 0.462 e. The number of phosphoric ester groups is 1. The lowest BCUT2D eigenvalue weighted by atomic mass is 10.0. The first-order valence-electron chi connectivity index (χ1n) is 29.8. The maximum atomic E-state index is 12.9. The van der Waals surface area contributed by atoms with E-state index in [2.05, 4.69) is 69.4 Å². The van der Waals surface area contributed by atoms with Gasteiger partial charge in [-0.1, -0.05) is 248 Å². The van der Waals surface area contributed by atoms with Gasteiger partial charge in [-0.3, -0.25) is 23.4 Å². The molecule has 74 heavy (non-hydrogen) atoms. The number of carbonyl (C=O) groups is 3. The van der Waals surface area contributed by atoms with Crippen LogP contribution in [-0.2, 0) is 42.2 Å². The zero-order chi connectivity index (χ0) is 54.1. The van der Waals surface area contributed by atoms with E-state index < -0.39 is 57.8 Å². The van der Waals surface area contributed by atoms with Crippen LogP contribution >= 0.6 is 7.82 Å². The highest BCUT2D eigenvalue weighted by Crippen LogP contribution is 2.43. The van der Waals surface area contributed by atoms with Crippen molar-refractivity contribution in [1.82, 2.24) is 0 Å². The predicted molar refractivity (Wildman–Crippen MR) is 307 cm³/mol. The molecule has 0 aromatic heterocycles. The third-order valence-corrected chi connectivity index (χ3v) is 13.6. The van der Waals surface area contributed by atoms with E-state index in [1.807, 2.05) is 18.2 Å². The van der Waals surface area contributed by atoms with Crippen molar-refractivity contribution in [2.45, 2.75) is 277 Å². The summed E-state index contributed by atoms with van der Waals surface area (Å²) >= 11 is 0.